The number of benzene rings is 2. The van der Waals surface area contributed by atoms with Gasteiger partial charge in [-0.1, -0.05) is 11.6 Å². The van der Waals surface area contributed by atoms with Gasteiger partial charge < -0.3 is 28.7 Å². The van der Waals surface area contributed by atoms with E-state index in [4.69, 9.17) is 35.5 Å². The normalized spacial score (nSPS) is 19.6. The maximum atomic E-state index is 13.3. The summed E-state index contributed by atoms with van der Waals surface area (Å²) in [5, 5.41) is 3.52. The molecule has 2 aromatic rings. The molecule has 4 rings (SSSR count). The smallest absolute Gasteiger partial charge is 0.321 e. The van der Waals surface area contributed by atoms with Gasteiger partial charge in [0.05, 0.1) is 27.9 Å². The number of nitrogens with one attached hydrogen (secondary N) is 1. The molecule has 0 radical (unpaired) electrons. The van der Waals surface area contributed by atoms with Gasteiger partial charge in [-0.05, 0) is 48.9 Å². The number of guanidine groups is 1. The summed E-state index contributed by atoms with van der Waals surface area (Å²) in [7, 11) is 4.52. The zero-order chi connectivity index (χ0) is 26.5. The van der Waals surface area contributed by atoms with Crippen molar-refractivity contribution in [1.82, 2.24) is 10.2 Å². The van der Waals surface area contributed by atoms with E-state index in [-0.39, 0.29) is 6.61 Å². The van der Waals surface area contributed by atoms with Gasteiger partial charge in [-0.15, -0.1) is 0 Å². The minimum atomic E-state index is -1.16. The predicted molar refractivity (Wildman–Crippen MR) is 140 cm³/mol. The number of aliphatic imine (C=N–C) groups is 1. The topological polar surface area (TPSA) is 102 Å². The highest BCUT2D eigenvalue weighted by atomic mass is 35.5. The summed E-state index contributed by atoms with van der Waals surface area (Å²) in [5.74, 6) is -0.653. The Balaban J connectivity index is 1.65. The Kier molecular flexibility index (Phi) is 8.27. The summed E-state index contributed by atoms with van der Waals surface area (Å²) in [4.78, 5) is 35.2. The first-order valence-electron chi connectivity index (χ1n) is 12.0. The van der Waals surface area contributed by atoms with Gasteiger partial charge in [0.25, 0.3) is 0 Å². The summed E-state index contributed by atoms with van der Waals surface area (Å²) in [5.41, 5.74) is 1.65. The van der Waals surface area contributed by atoms with Crippen LogP contribution in [-0.4, -0.2) is 76.9 Å². The minimum Gasteiger partial charge on any atom is -0.493 e. The van der Waals surface area contributed by atoms with Gasteiger partial charge in [0, 0.05) is 36.9 Å². The summed E-state index contributed by atoms with van der Waals surface area (Å²) < 4.78 is 21.6. The van der Waals surface area contributed by atoms with Crippen molar-refractivity contribution in [2.75, 3.05) is 59.0 Å². The van der Waals surface area contributed by atoms with Gasteiger partial charge >= 0.3 is 5.97 Å². The van der Waals surface area contributed by atoms with E-state index in [2.05, 4.69) is 10.2 Å². The monoisotopic (exact) mass is 530 g/mol. The second-order valence-electron chi connectivity index (χ2n) is 8.53. The molecule has 0 aliphatic carbocycles. The third-order valence-corrected chi connectivity index (χ3v) is 6.69. The first-order valence-corrected chi connectivity index (χ1v) is 12.4. The number of hydrogen-bond donors (Lipinski definition) is 1. The molecule has 2 heterocycles. The van der Waals surface area contributed by atoms with Crippen LogP contribution in [0.2, 0.25) is 5.02 Å². The molecule has 2 atom stereocenters. The lowest BCUT2D eigenvalue weighted by atomic mass is 9.90. The van der Waals surface area contributed by atoms with Gasteiger partial charge in [-0.25, -0.2) is 4.99 Å². The van der Waals surface area contributed by atoms with Crippen molar-refractivity contribution in [1.29, 1.82) is 0 Å². The van der Waals surface area contributed by atoms with Gasteiger partial charge in [0.15, 0.2) is 17.4 Å². The summed E-state index contributed by atoms with van der Waals surface area (Å²) in [6.07, 6.45) is 0. The number of carbonyl (C=O) groups is 2. The number of hydrogen-bond acceptors (Lipinski definition) is 9. The standard InChI is InChI=1S/C26H31ClN4O6/c1-5-37-25(33)21-22(16-14-19(34-2)23(36-4)20(15-16)35-3)28-26(29-24(21)32)31-12-10-30(11-13-31)18-8-6-17(27)7-9-18/h6-9,14-15,21-22H,5,10-13H2,1-4H3,(H,28,29,32)/t21-,22+/m0/s1. The van der Waals surface area contributed by atoms with E-state index in [1.54, 1.807) is 19.1 Å². The van der Waals surface area contributed by atoms with Crippen LogP contribution < -0.4 is 24.4 Å². The summed E-state index contributed by atoms with van der Waals surface area (Å²) in [6.45, 7) is 4.57. The van der Waals surface area contributed by atoms with Crippen LogP contribution in [0.15, 0.2) is 41.4 Å². The summed E-state index contributed by atoms with van der Waals surface area (Å²) in [6, 6.07) is 10.3. The lowest BCUT2D eigenvalue weighted by molar-refractivity contribution is -0.153. The minimum absolute atomic E-state index is 0.147. The largest absolute Gasteiger partial charge is 0.493 e. The molecule has 1 fully saturated rings. The van der Waals surface area contributed by atoms with Crippen LogP contribution in [0.25, 0.3) is 0 Å². The number of halogens is 1. The Morgan fingerprint density at radius 3 is 2.14 bits per heavy atom. The van der Waals surface area contributed by atoms with Gasteiger partial charge in [0.2, 0.25) is 17.6 Å². The molecule has 10 nitrogen and oxygen atoms in total. The Bertz CT molecular complexity index is 1140. The van der Waals surface area contributed by atoms with E-state index in [1.165, 1.54) is 21.3 Å². The number of ether oxygens (including phenoxy) is 4. The molecular formula is C26H31ClN4O6. The molecule has 37 heavy (non-hydrogen) atoms. The van der Waals surface area contributed by atoms with Crippen molar-refractivity contribution in [2.45, 2.75) is 13.0 Å². The fourth-order valence-electron chi connectivity index (χ4n) is 4.57. The van der Waals surface area contributed by atoms with Crippen LogP contribution >= 0.6 is 11.6 Å². The molecule has 0 spiro atoms. The second kappa shape index (κ2) is 11.6. The Hall–Kier alpha value is -3.66. The van der Waals surface area contributed by atoms with Crippen molar-refractivity contribution in [2.24, 2.45) is 10.9 Å². The highest BCUT2D eigenvalue weighted by molar-refractivity contribution is 6.30. The van der Waals surface area contributed by atoms with Crippen molar-refractivity contribution in [3.63, 3.8) is 0 Å². The molecule has 0 aromatic heterocycles. The quantitative estimate of drug-likeness (QED) is 0.431. The fraction of sp³-hybridized carbons (Fsp3) is 0.423. The second-order valence-corrected chi connectivity index (χ2v) is 8.96. The molecule has 2 aliphatic rings. The number of esters is 1. The third-order valence-electron chi connectivity index (χ3n) is 6.43. The number of methoxy groups -OCH3 is 3. The van der Waals surface area contributed by atoms with Crippen LogP contribution in [0, 0.1) is 5.92 Å². The first-order chi connectivity index (χ1) is 17.9. The molecule has 1 amide bonds. The first kappa shape index (κ1) is 26.4. The van der Waals surface area contributed by atoms with Gasteiger partial charge in [-0.3, -0.25) is 14.9 Å². The maximum absolute atomic E-state index is 13.3. The highest BCUT2D eigenvalue weighted by Crippen LogP contribution is 2.42. The Morgan fingerprint density at radius 2 is 1.59 bits per heavy atom. The van der Waals surface area contributed by atoms with Crippen LogP contribution in [0.5, 0.6) is 17.2 Å². The third kappa shape index (κ3) is 5.53. The molecule has 2 aromatic carbocycles. The molecule has 0 bridgehead atoms. The van der Waals surface area contributed by atoms with Gasteiger partial charge in [-0.2, -0.15) is 0 Å². The van der Waals surface area contributed by atoms with Crippen molar-refractivity contribution in [3.8, 4) is 17.2 Å². The predicted octanol–water partition coefficient (Wildman–Crippen LogP) is 2.89. The van der Waals surface area contributed by atoms with E-state index in [0.29, 0.717) is 46.9 Å². The van der Waals surface area contributed by atoms with E-state index in [1.807, 2.05) is 29.2 Å². The molecule has 0 unspecified atom stereocenters. The molecule has 1 N–H and O–H groups in total. The van der Waals surface area contributed by atoms with E-state index < -0.39 is 23.8 Å². The number of nitrogens with zero attached hydrogens (tertiary/aromatic N) is 3. The van der Waals surface area contributed by atoms with Crippen LogP contribution in [0.4, 0.5) is 5.69 Å². The molecular weight excluding hydrogens is 500 g/mol. The average molecular weight is 531 g/mol. The van der Waals surface area contributed by atoms with Crippen LogP contribution in [0.1, 0.15) is 18.5 Å². The lowest BCUT2D eigenvalue weighted by Crippen LogP contribution is -2.57. The highest BCUT2D eigenvalue weighted by Gasteiger charge is 2.43. The Morgan fingerprint density at radius 1 is 1.00 bits per heavy atom. The molecule has 198 valence electrons. The number of anilines is 1. The summed E-state index contributed by atoms with van der Waals surface area (Å²) >= 11 is 6.02. The zero-order valence-electron chi connectivity index (χ0n) is 21.3. The molecule has 2 aliphatic heterocycles. The van der Waals surface area contributed by atoms with Crippen molar-refractivity contribution < 1.29 is 28.5 Å². The van der Waals surface area contributed by atoms with E-state index in [9.17, 15) is 9.59 Å². The maximum Gasteiger partial charge on any atom is 0.321 e. The zero-order valence-corrected chi connectivity index (χ0v) is 22.1. The SMILES string of the molecule is CCOC(=O)[C@@H]1C(=O)NC(N2CCN(c3ccc(Cl)cc3)CC2)=N[C@@H]1c1cc(OC)c(OC)c(OC)c1. The molecule has 11 heteroatoms. The van der Waals surface area contributed by atoms with E-state index in [0.717, 1.165) is 18.8 Å². The number of piperazine rings is 1. The van der Waals surface area contributed by atoms with E-state index >= 15 is 0 Å². The van der Waals surface area contributed by atoms with Crippen LogP contribution in [-0.2, 0) is 14.3 Å². The molecule has 1 saturated heterocycles. The van der Waals surface area contributed by atoms with Crippen molar-refractivity contribution in [3.05, 3.63) is 47.0 Å². The lowest BCUT2D eigenvalue weighted by Gasteiger charge is -2.39. The van der Waals surface area contributed by atoms with Gasteiger partial charge in [0.1, 0.15) is 6.04 Å². The van der Waals surface area contributed by atoms with Crippen molar-refractivity contribution >= 4 is 35.1 Å². The number of rotatable bonds is 7. The fourth-order valence-corrected chi connectivity index (χ4v) is 4.69. The number of carbonyl (C=O) groups excluding carboxylic acids is 2. The number of amides is 1. The average Bonchev–Trinajstić information content (AvgIpc) is 2.92. The molecule has 0 saturated carbocycles. The van der Waals surface area contributed by atoms with Crippen LogP contribution in [0.3, 0.4) is 0 Å². The Labute approximate surface area is 221 Å².